The van der Waals surface area contributed by atoms with Crippen LogP contribution in [0.5, 0.6) is 5.75 Å². The molecule has 1 unspecified atom stereocenters. The van der Waals surface area contributed by atoms with Gasteiger partial charge in [-0.3, -0.25) is 4.79 Å². The van der Waals surface area contributed by atoms with Crippen molar-refractivity contribution in [3.05, 3.63) is 72.8 Å². The standard InChI is InChI=1S/C20H24N2O4S/c1-3-14-21-20(23)19(15-16-8-6-5-7-9-16)22-27(24,25)18-12-10-17(11-13-18)26-4-2/h3,5-13,19,22H,1,4,14-15H2,2H3,(H,21,23). The van der Waals surface area contributed by atoms with Crippen molar-refractivity contribution in [2.75, 3.05) is 13.2 Å². The summed E-state index contributed by atoms with van der Waals surface area (Å²) in [5.74, 6) is 0.175. The third kappa shape index (κ3) is 6.23. The molecule has 6 nitrogen and oxygen atoms in total. The van der Waals surface area contributed by atoms with Crippen LogP contribution in [0.25, 0.3) is 0 Å². The summed E-state index contributed by atoms with van der Waals surface area (Å²) in [4.78, 5) is 12.5. The summed E-state index contributed by atoms with van der Waals surface area (Å²) in [7, 11) is -3.87. The molecule has 144 valence electrons. The van der Waals surface area contributed by atoms with Gasteiger partial charge in [0.25, 0.3) is 0 Å². The van der Waals surface area contributed by atoms with Crippen molar-refractivity contribution in [1.82, 2.24) is 10.0 Å². The molecule has 0 radical (unpaired) electrons. The Morgan fingerprint density at radius 2 is 1.81 bits per heavy atom. The van der Waals surface area contributed by atoms with Crippen LogP contribution in [0.4, 0.5) is 0 Å². The number of benzene rings is 2. The van der Waals surface area contributed by atoms with Crippen LogP contribution in [0.15, 0.2) is 72.1 Å². The lowest BCUT2D eigenvalue weighted by molar-refractivity contribution is -0.122. The number of nitrogens with one attached hydrogen (secondary N) is 2. The smallest absolute Gasteiger partial charge is 0.241 e. The quantitative estimate of drug-likeness (QED) is 0.612. The summed E-state index contributed by atoms with van der Waals surface area (Å²) in [5.41, 5.74) is 0.852. The van der Waals surface area contributed by atoms with Crippen molar-refractivity contribution in [2.24, 2.45) is 0 Å². The minimum atomic E-state index is -3.87. The molecule has 0 saturated heterocycles. The molecule has 0 heterocycles. The fourth-order valence-electron chi connectivity index (χ4n) is 2.47. The number of rotatable bonds is 10. The van der Waals surface area contributed by atoms with Crippen LogP contribution in [0.3, 0.4) is 0 Å². The lowest BCUT2D eigenvalue weighted by atomic mass is 10.1. The Hall–Kier alpha value is -2.64. The number of ether oxygens (including phenoxy) is 1. The highest BCUT2D eigenvalue weighted by atomic mass is 32.2. The van der Waals surface area contributed by atoms with Gasteiger partial charge in [0.05, 0.1) is 11.5 Å². The number of hydrogen-bond donors (Lipinski definition) is 2. The first-order valence-corrected chi connectivity index (χ1v) is 10.1. The van der Waals surface area contributed by atoms with Crippen molar-refractivity contribution >= 4 is 15.9 Å². The van der Waals surface area contributed by atoms with Crippen molar-refractivity contribution in [3.63, 3.8) is 0 Å². The van der Waals surface area contributed by atoms with Crippen molar-refractivity contribution in [3.8, 4) is 5.75 Å². The monoisotopic (exact) mass is 388 g/mol. The first kappa shape index (κ1) is 20.7. The molecule has 27 heavy (non-hydrogen) atoms. The molecule has 2 rings (SSSR count). The van der Waals surface area contributed by atoms with Crippen LogP contribution in [-0.4, -0.2) is 33.5 Å². The van der Waals surface area contributed by atoms with Gasteiger partial charge in [0.2, 0.25) is 15.9 Å². The molecule has 0 spiro atoms. The third-order valence-corrected chi connectivity index (χ3v) is 5.25. The van der Waals surface area contributed by atoms with Gasteiger partial charge in [-0.2, -0.15) is 4.72 Å². The fraction of sp³-hybridized carbons (Fsp3) is 0.250. The zero-order valence-corrected chi connectivity index (χ0v) is 16.0. The Morgan fingerprint density at radius 3 is 2.41 bits per heavy atom. The topological polar surface area (TPSA) is 84.5 Å². The maximum Gasteiger partial charge on any atom is 0.241 e. The highest BCUT2D eigenvalue weighted by Gasteiger charge is 2.25. The maximum absolute atomic E-state index is 12.7. The largest absolute Gasteiger partial charge is 0.494 e. The van der Waals surface area contributed by atoms with E-state index < -0.39 is 22.0 Å². The second-order valence-electron chi connectivity index (χ2n) is 5.80. The molecule has 0 aliphatic carbocycles. The molecule has 0 saturated carbocycles. The Balaban J connectivity index is 2.20. The normalized spacial score (nSPS) is 12.2. The summed E-state index contributed by atoms with van der Waals surface area (Å²) >= 11 is 0. The predicted octanol–water partition coefficient (Wildman–Crippen LogP) is 2.28. The van der Waals surface area contributed by atoms with Gasteiger partial charge in [-0.25, -0.2) is 8.42 Å². The second-order valence-corrected chi connectivity index (χ2v) is 7.52. The number of carbonyl (C=O) groups is 1. The average Bonchev–Trinajstić information content (AvgIpc) is 2.67. The first-order chi connectivity index (χ1) is 13.0. The van der Waals surface area contributed by atoms with Gasteiger partial charge >= 0.3 is 0 Å². The number of sulfonamides is 1. The van der Waals surface area contributed by atoms with E-state index in [1.807, 2.05) is 37.3 Å². The SMILES string of the molecule is C=CCNC(=O)C(Cc1ccccc1)NS(=O)(=O)c1ccc(OCC)cc1. The molecular formula is C20H24N2O4S. The molecule has 7 heteroatoms. The Bertz CT molecular complexity index is 849. The summed E-state index contributed by atoms with van der Waals surface area (Å²) in [6.45, 7) is 6.16. The van der Waals surface area contributed by atoms with Crippen LogP contribution >= 0.6 is 0 Å². The predicted molar refractivity (Wildman–Crippen MR) is 105 cm³/mol. The molecular weight excluding hydrogens is 364 g/mol. The molecule has 0 fully saturated rings. The van der Waals surface area contributed by atoms with E-state index in [2.05, 4.69) is 16.6 Å². The van der Waals surface area contributed by atoms with E-state index in [1.54, 1.807) is 18.2 Å². The van der Waals surface area contributed by atoms with Gasteiger partial charge in [0.1, 0.15) is 11.8 Å². The highest BCUT2D eigenvalue weighted by Crippen LogP contribution is 2.17. The minimum absolute atomic E-state index is 0.0699. The molecule has 2 aromatic rings. The minimum Gasteiger partial charge on any atom is -0.494 e. The number of amides is 1. The Labute approximate surface area is 160 Å². The van der Waals surface area contributed by atoms with E-state index in [1.165, 1.54) is 12.1 Å². The Kier molecular flexibility index (Phi) is 7.57. The lowest BCUT2D eigenvalue weighted by Gasteiger charge is -2.18. The molecule has 0 aliphatic rings. The van der Waals surface area contributed by atoms with Crippen LogP contribution in [0, 0.1) is 0 Å². The maximum atomic E-state index is 12.7. The van der Waals surface area contributed by atoms with Crippen LogP contribution in [0.1, 0.15) is 12.5 Å². The number of carbonyl (C=O) groups excluding carboxylic acids is 1. The second kappa shape index (κ2) is 9.89. The van der Waals surface area contributed by atoms with Crippen LogP contribution in [0.2, 0.25) is 0 Å². The van der Waals surface area contributed by atoms with Gasteiger partial charge in [0.15, 0.2) is 0 Å². The van der Waals surface area contributed by atoms with E-state index in [0.717, 1.165) is 5.56 Å². The van der Waals surface area contributed by atoms with E-state index in [9.17, 15) is 13.2 Å². The molecule has 1 amide bonds. The van der Waals surface area contributed by atoms with Gasteiger partial charge in [-0.1, -0.05) is 36.4 Å². The van der Waals surface area contributed by atoms with E-state index >= 15 is 0 Å². The summed E-state index contributed by atoms with van der Waals surface area (Å²) < 4.78 is 33.3. The van der Waals surface area contributed by atoms with E-state index in [-0.39, 0.29) is 17.9 Å². The summed E-state index contributed by atoms with van der Waals surface area (Å²) in [6, 6.07) is 14.4. The molecule has 0 bridgehead atoms. The van der Waals surface area contributed by atoms with Crippen LogP contribution < -0.4 is 14.8 Å². The van der Waals surface area contributed by atoms with Gasteiger partial charge in [0, 0.05) is 6.54 Å². The third-order valence-electron chi connectivity index (χ3n) is 3.76. The summed E-state index contributed by atoms with van der Waals surface area (Å²) in [5, 5.41) is 2.65. The van der Waals surface area contributed by atoms with Gasteiger partial charge < -0.3 is 10.1 Å². The number of hydrogen-bond acceptors (Lipinski definition) is 4. The lowest BCUT2D eigenvalue weighted by Crippen LogP contribution is -2.47. The van der Waals surface area contributed by atoms with Crippen molar-refractivity contribution < 1.29 is 17.9 Å². The van der Waals surface area contributed by atoms with Gasteiger partial charge in [-0.15, -0.1) is 6.58 Å². The average molecular weight is 388 g/mol. The zero-order chi connectivity index (χ0) is 19.7. The van der Waals surface area contributed by atoms with Crippen molar-refractivity contribution in [2.45, 2.75) is 24.3 Å². The first-order valence-electron chi connectivity index (χ1n) is 8.64. The van der Waals surface area contributed by atoms with Gasteiger partial charge in [-0.05, 0) is 43.2 Å². The van der Waals surface area contributed by atoms with E-state index in [4.69, 9.17) is 4.74 Å². The molecule has 0 aliphatic heterocycles. The summed E-state index contributed by atoms with van der Waals surface area (Å²) in [6.07, 6.45) is 1.78. The molecule has 2 aromatic carbocycles. The zero-order valence-electron chi connectivity index (χ0n) is 15.2. The Morgan fingerprint density at radius 1 is 1.15 bits per heavy atom. The molecule has 1 atom stereocenters. The highest BCUT2D eigenvalue weighted by molar-refractivity contribution is 7.89. The fourth-order valence-corrected chi connectivity index (χ4v) is 3.67. The molecule has 2 N–H and O–H groups in total. The van der Waals surface area contributed by atoms with Crippen LogP contribution in [-0.2, 0) is 21.2 Å². The van der Waals surface area contributed by atoms with Crippen molar-refractivity contribution in [1.29, 1.82) is 0 Å². The molecule has 0 aromatic heterocycles. The van der Waals surface area contributed by atoms with E-state index in [0.29, 0.717) is 12.4 Å².